The quantitative estimate of drug-likeness (QED) is 0.526. The van der Waals surface area contributed by atoms with E-state index in [0.717, 1.165) is 23.1 Å². The Morgan fingerprint density at radius 1 is 0.935 bits per heavy atom. The fourth-order valence-electron chi connectivity index (χ4n) is 3.95. The van der Waals surface area contributed by atoms with E-state index in [1.54, 1.807) is 17.0 Å². The number of oxazole rings is 1. The topological polar surface area (TPSA) is 75.4 Å². The van der Waals surface area contributed by atoms with Crippen molar-refractivity contribution in [1.82, 2.24) is 9.88 Å². The van der Waals surface area contributed by atoms with Crippen molar-refractivity contribution in [2.75, 3.05) is 11.9 Å². The van der Waals surface area contributed by atoms with Gasteiger partial charge < -0.3 is 14.6 Å². The van der Waals surface area contributed by atoms with Gasteiger partial charge >= 0.3 is 0 Å². The van der Waals surface area contributed by atoms with Gasteiger partial charge in [-0.25, -0.2) is 4.98 Å². The highest BCUT2D eigenvalue weighted by Gasteiger charge is 2.34. The highest BCUT2D eigenvalue weighted by atomic mass is 16.3. The van der Waals surface area contributed by atoms with Crippen LogP contribution in [0.25, 0.3) is 22.6 Å². The van der Waals surface area contributed by atoms with Gasteiger partial charge in [0.05, 0.1) is 0 Å². The number of nitrogens with zero attached hydrogens (tertiary/aromatic N) is 2. The number of para-hydroxylation sites is 2. The minimum absolute atomic E-state index is 0.107. The van der Waals surface area contributed by atoms with Crippen molar-refractivity contribution in [2.45, 2.75) is 18.9 Å². The number of carbonyl (C=O) groups excluding carboxylic acids is 2. The maximum Gasteiger partial charge on any atom is 0.254 e. The van der Waals surface area contributed by atoms with Crippen LogP contribution in [0.2, 0.25) is 0 Å². The summed E-state index contributed by atoms with van der Waals surface area (Å²) in [5.41, 5.74) is 3.64. The van der Waals surface area contributed by atoms with Crippen LogP contribution in [0.5, 0.6) is 0 Å². The molecule has 0 aliphatic carbocycles. The molecule has 1 N–H and O–H groups in total. The number of aromatic nitrogens is 1. The highest BCUT2D eigenvalue weighted by Crippen LogP contribution is 2.26. The number of hydrogen-bond donors (Lipinski definition) is 1. The fraction of sp³-hybridized carbons (Fsp3) is 0.160. The molecular weight excluding hydrogens is 390 g/mol. The summed E-state index contributed by atoms with van der Waals surface area (Å²) in [6, 6.07) is 23.6. The van der Waals surface area contributed by atoms with Gasteiger partial charge in [0.15, 0.2) is 5.58 Å². The first kappa shape index (κ1) is 19.1. The molecule has 0 bridgehead atoms. The highest BCUT2D eigenvalue weighted by molar-refractivity contribution is 6.01. The zero-order valence-electron chi connectivity index (χ0n) is 16.8. The number of amides is 2. The van der Waals surface area contributed by atoms with Gasteiger partial charge in [0.1, 0.15) is 11.6 Å². The van der Waals surface area contributed by atoms with Gasteiger partial charge in [-0.2, -0.15) is 0 Å². The number of fused-ring (bicyclic) bond motifs is 1. The van der Waals surface area contributed by atoms with Crippen molar-refractivity contribution in [3.8, 4) is 11.5 Å². The largest absolute Gasteiger partial charge is 0.436 e. The average molecular weight is 411 g/mol. The van der Waals surface area contributed by atoms with E-state index in [4.69, 9.17) is 4.42 Å². The zero-order valence-corrected chi connectivity index (χ0v) is 16.8. The molecule has 0 unspecified atom stereocenters. The summed E-state index contributed by atoms with van der Waals surface area (Å²) in [5, 5.41) is 2.94. The second-order valence-corrected chi connectivity index (χ2v) is 7.58. The molecule has 0 spiro atoms. The van der Waals surface area contributed by atoms with E-state index < -0.39 is 6.04 Å². The van der Waals surface area contributed by atoms with E-state index >= 15 is 0 Å². The Kier molecular flexibility index (Phi) is 4.96. The lowest BCUT2D eigenvalue weighted by Gasteiger charge is -2.24. The van der Waals surface area contributed by atoms with E-state index in [0.29, 0.717) is 30.1 Å². The molecule has 5 rings (SSSR count). The fourth-order valence-corrected chi connectivity index (χ4v) is 3.95. The summed E-state index contributed by atoms with van der Waals surface area (Å²) in [6.07, 6.45) is 1.47. The molecule has 154 valence electrons. The predicted octanol–water partition coefficient (Wildman–Crippen LogP) is 4.74. The zero-order chi connectivity index (χ0) is 21.2. The van der Waals surface area contributed by atoms with Crippen molar-refractivity contribution < 1.29 is 14.0 Å². The Labute approximate surface area is 179 Å². The first-order chi connectivity index (χ1) is 15.2. The van der Waals surface area contributed by atoms with Gasteiger partial charge in [0, 0.05) is 23.4 Å². The minimum Gasteiger partial charge on any atom is -0.436 e. The molecule has 6 nitrogen and oxygen atoms in total. The SMILES string of the molecule is O=C(Nc1ccc(-c2nc3ccccc3o2)cc1)[C@H]1CCCN1C(=O)c1ccccc1. The van der Waals surface area contributed by atoms with Crippen molar-refractivity contribution >= 4 is 28.6 Å². The summed E-state index contributed by atoms with van der Waals surface area (Å²) in [5.74, 6) is 0.260. The second-order valence-electron chi connectivity index (χ2n) is 7.58. The summed E-state index contributed by atoms with van der Waals surface area (Å²) >= 11 is 0. The van der Waals surface area contributed by atoms with Crippen LogP contribution in [0.1, 0.15) is 23.2 Å². The molecule has 2 amide bonds. The number of benzene rings is 3. The molecule has 6 heteroatoms. The van der Waals surface area contributed by atoms with Gasteiger partial charge in [-0.1, -0.05) is 30.3 Å². The summed E-state index contributed by atoms with van der Waals surface area (Å²) < 4.78 is 5.80. The van der Waals surface area contributed by atoms with E-state index in [1.807, 2.05) is 66.7 Å². The van der Waals surface area contributed by atoms with Crippen LogP contribution < -0.4 is 5.32 Å². The Bertz CT molecular complexity index is 1200. The van der Waals surface area contributed by atoms with Gasteiger partial charge in [-0.3, -0.25) is 9.59 Å². The maximum absolute atomic E-state index is 12.9. The molecule has 1 aromatic heterocycles. The molecule has 1 saturated heterocycles. The third kappa shape index (κ3) is 3.80. The molecule has 2 heterocycles. The van der Waals surface area contributed by atoms with Crippen LogP contribution in [-0.4, -0.2) is 34.3 Å². The Morgan fingerprint density at radius 2 is 1.68 bits per heavy atom. The number of rotatable bonds is 4. The number of nitrogens with one attached hydrogen (secondary N) is 1. The first-order valence-electron chi connectivity index (χ1n) is 10.3. The number of carbonyl (C=O) groups is 2. The third-order valence-electron chi connectivity index (χ3n) is 5.53. The number of hydrogen-bond acceptors (Lipinski definition) is 4. The Morgan fingerprint density at radius 3 is 2.45 bits per heavy atom. The van der Waals surface area contributed by atoms with Crippen molar-refractivity contribution in [1.29, 1.82) is 0 Å². The third-order valence-corrected chi connectivity index (χ3v) is 5.53. The lowest BCUT2D eigenvalue weighted by atomic mass is 10.1. The Hall–Kier alpha value is -3.93. The lowest BCUT2D eigenvalue weighted by molar-refractivity contribution is -0.119. The lowest BCUT2D eigenvalue weighted by Crippen LogP contribution is -2.43. The summed E-state index contributed by atoms with van der Waals surface area (Å²) in [6.45, 7) is 0.586. The van der Waals surface area contributed by atoms with Crippen molar-refractivity contribution in [3.63, 3.8) is 0 Å². The standard InChI is InChI=1S/C25H21N3O3/c29-23(21-10-6-16-28(21)25(30)18-7-2-1-3-8-18)26-19-14-12-17(13-15-19)24-27-20-9-4-5-11-22(20)31-24/h1-5,7-9,11-15,21H,6,10,16H2,(H,26,29)/t21-/m1/s1. The van der Waals surface area contributed by atoms with E-state index in [1.165, 1.54) is 0 Å². The van der Waals surface area contributed by atoms with Gasteiger partial charge in [0.25, 0.3) is 5.91 Å². The number of likely N-dealkylation sites (tertiary alicyclic amines) is 1. The predicted molar refractivity (Wildman–Crippen MR) is 119 cm³/mol. The molecule has 1 fully saturated rings. The second kappa shape index (κ2) is 8.07. The summed E-state index contributed by atoms with van der Waals surface area (Å²) in [7, 11) is 0. The molecule has 1 atom stereocenters. The first-order valence-corrected chi connectivity index (χ1v) is 10.3. The molecular formula is C25H21N3O3. The van der Waals surface area contributed by atoms with Crippen molar-refractivity contribution in [2.24, 2.45) is 0 Å². The number of anilines is 1. The molecule has 1 aliphatic heterocycles. The molecule has 3 aromatic carbocycles. The molecule has 1 aliphatic rings. The van der Waals surface area contributed by atoms with Crippen LogP contribution in [0.3, 0.4) is 0 Å². The molecule has 0 saturated carbocycles. The Balaban J connectivity index is 1.29. The molecule has 0 radical (unpaired) electrons. The van der Waals surface area contributed by atoms with Gasteiger partial charge in [0.2, 0.25) is 11.8 Å². The van der Waals surface area contributed by atoms with Crippen LogP contribution >= 0.6 is 0 Å². The minimum atomic E-state index is -0.468. The van der Waals surface area contributed by atoms with E-state index in [2.05, 4.69) is 10.3 Å². The average Bonchev–Trinajstić information content (AvgIpc) is 3.47. The normalized spacial score (nSPS) is 15.9. The maximum atomic E-state index is 12.9. The van der Waals surface area contributed by atoms with Crippen LogP contribution in [-0.2, 0) is 4.79 Å². The van der Waals surface area contributed by atoms with Crippen molar-refractivity contribution in [3.05, 3.63) is 84.4 Å². The van der Waals surface area contributed by atoms with Gasteiger partial charge in [-0.15, -0.1) is 0 Å². The molecule has 4 aromatic rings. The molecule has 31 heavy (non-hydrogen) atoms. The van der Waals surface area contributed by atoms with Crippen LogP contribution in [0.4, 0.5) is 5.69 Å². The summed E-state index contributed by atoms with van der Waals surface area (Å²) in [4.78, 5) is 31.9. The monoisotopic (exact) mass is 411 g/mol. The van der Waals surface area contributed by atoms with Gasteiger partial charge in [-0.05, 0) is 61.4 Å². The van der Waals surface area contributed by atoms with E-state index in [9.17, 15) is 9.59 Å². The van der Waals surface area contributed by atoms with E-state index in [-0.39, 0.29) is 11.8 Å². The van der Waals surface area contributed by atoms with Crippen LogP contribution in [0, 0.1) is 0 Å². The van der Waals surface area contributed by atoms with Crippen LogP contribution in [0.15, 0.2) is 83.3 Å². The smallest absolute Gasteiger partial charge is 0.254 e.